The summed E-state index contributed by atoms with van der Waals surface area (Å²) in [5, 5.41) is 25.7. The highest BCUT2D eigenvalue weighted by Gasteiger charge is 2.54. The first-order chi connectivity index (χ1) is 20.8. The number of hydrogen-bond acceptors (Lipinski definition) is 9. The van der Waals surface area contributed by atoms with Gasteiger partial charge < -0.3 is 18.9 Å². The van der Waals surface area contributed by atoms with E-state index in [2.05, 4.69) is 46.6 Å². The molecule has 3 aromatic heterocycles. The van der Waals surface area contributed by atoms with Gasteiger partial charge in [-0.25, -0.2) is 14.8 Å². The lowest BCUT2D eigenvalue weighted by Crippen LogP contribution is -2.71. The predicted molar refractivity (Wildman–Crippen MR) is 168 cm³/mol. The molecule has 5 rings (SSSR count). The van der Waals surface area contributed by atoms with Gasteiger partial charge in [0.1, 0.15) is 35.4 Å². The summed E-state index contributed by atoms with van der Waals surface area (Å²) in [7, 11) is -1.17. The highest BCUT2D eigenvalue weighted by molar-refractivity contribution is 6.76. The first kappa shape index (κ1) is 31.6. The fourth-order valence-corrected chi connectivity index (χ4v) is 6.68. The standard InChI is InChI=1S/C31H43N9O3Si/c1-29(2,3)43-28(41)37-13-9-30(19-33,10-14-37)39-20-31(21-39,8-11-32)40-18-24(17-36-40)26-25-7-12-38(27(25)35-22-34-26)23-42-15-16-44(4,5)6/h7,12,17-18,22H,8-10,13-16,20-21,23H2,1-6H3. The van der Waals surface area contributed by atoms with E-state index in [9.17, 15) is 15.3 Å². The Kier molecular flexibility index (Phi) is 8.60. The van der Waals surface area contributed by atoms with Crippen molar-refractivity contribution < 1.29 is 14.3 Å². The Morgan fingerprint density at radius 3 is 2.50 bits per heavy atom. The molecule has 2 aliphatic rings. The second kappa shape index (κ2) is 12.0. The van der Waals surface area contributed by atoms with Crippen molar-refractivity contribution in [3.05, 3.63) is 31.0 Å². The molecule has 5 heterocycles. The van der Waals surface area contributed by atoms with Gasteiger partial charge in [0, 0.05) is 64.2 Å². The minimum absolute atomic E-state index is 0.264. The van der Waals surface area contributed by atoms with Crippen molar-refractivity contribution in [2.24, 2.45) is 0 Å². The van der Waals surface area contributed by atoms with Gasteiger partial charge in [-0.15, -0.1) is 0 Å². The number of nitriles is 2. The summed E-state index contributed by atoms with van der Waals surface area (Å²) in [6.45, 7) is 15.6. The third-order valence-corrected chi connectivity index (χ3v) is 10.3. The third-order valence-electron chi connectivity index (χ3n) is 8.56. The van der Waals surface area contributed by atoms with Crippen LogP contribution in [-0.2, 0) is 21.7 Å². The van der Waals surface area contributed by atoms with Crippen molar-refractivity contribution in [1.29, 1.82) is 10.5 Å². The molecular formula is C31H43N9O3Si. The highest BCUT2D eigenvalue weighted by atomic mass is 28.3. The molecule has 0 aliphatic carbocycles. The second-order valence-electron chi connectivity index (χ2n) is 14.3. The number of ether oxygens (including phenoxy) is 2. The van der Waals surface area contributed by atoms with Crippen LogP contribution in [-0.4, -0.2) is 92.2 Å². The number of nitrogens with zero attached hydrogens (tertiary/aromatic N) is 9. The fraction of sp³-hybridized carbons (Fsp3) is 0.613. The van der Waals surface area contributed by atoms with Crippen LogP contribution >= 0.6 is 0 Å². The van der Waals surface area contributed by atoms with Crippen molar-refractivity contribution in [3.8, 4) is 23.4 Å². The van der Waals surface area contributed by atoms with E-state index in [-0.39, 0.29) is 12.5 Å². The monoisotopic (exact) mass is 617 g/mol. The summed E-state index contributed by atoms with van der Waals surface area (Å²) in [5.74, 6) is 0. The number of fused-ring (bicyclic) bond motifs is 1. The molecule has 2 saturated heterocycles. The first-order valence-electron chi connectivity index (χ1n) is 15.2. The van der Waals surface area contributed by atoms with Crippen LogP contribution in [0.15, 0.2) is 31.0 Å². The molecule has 13 heteroatoms. The first-order valence-corrected chi connectivity index (χ1v) is 18.9. The minimum Gasteiger partial charge on any atom is -0.444 e. The van der Waals surface area contributed by atoms with Crippen molar-refractivity contribution in [1.82, 2.24) is 34.1 Å². The molecule has 2 fully saturated rings. The van der Waals surface area contributed by atoms with Crippen LogP contribution in [0.1, 0.15) is 40.0 Å². The van der Waals surface area contributed by atoms with Crippen LogP contribution in [0.4, 0.5) is 4.79 Å². The summed E-state index contributed by atoms with van der Waals surface area (Å²) >= 11 is 0. The predicted octanol–water partition coefficient (Wildman–Crippen LogP) is 4.82. The summed E-state index contributed by atoms with van der Waals surface area (Å²) < 4.78 is 15.3. The Hall–Kier alpha value is -3.78. The molecule has 12 nitrogen and oxygen atoms in total. The number of rotatable bonds is 9. The number of carbonyl (C=O) groups excluding carboxylic acids is 1. The fourth-order valence-electron chi connectivity index (χ4n) is 5.92. The van der Waals surface area contributed by atoms with Crippen LogP contribution in [0.3, 0.4) is 0 Å². The van der Waals surface area contributed by atoms with Crippen LogP contribution in [0.2, 0.25) is 25.7 Å². The number of amides is 1. The van der Waals surface area contributed by atoms with Crippen LogP contribution < -0.4 is 0 Å². The number of piperidine rings is 1. The lowest BCUT2D eigenvalue weighted by molar-refractivity contribution is -0.0729. The molecule has 44 heavy (non-hydrogen) atoms. The molecule has 0 N–H and O–H groups in total. The number of carbonyl (C=O) groups is 1. The minimum atomic E-state index is -1.17. The molecule has 0 saturated carbocycles. The second-order valence-corrected chi connectivity index (χ2v) is 19.9. The van der Waals surface area contributed by atoms with Crippen molar-refractivity contribution in [2.45, 2.75) is 89.1 Å². The number of hydrogen-bond donors (Lipinski definition) is 0. The zero-order chi connectivity index (χ0) is 31.8. The van der Waals surface area contributed by atoms with E-state index in [4.69, 9.17) is 14.6 Å². The normalized spacial score (nSPS) is 18.4. The molecule has 0 atom stereocenters. The van der Waals surface area contributed by atoms with E-state index in [1.54, 1.807) is 17.4 Å². The maximum absolute atomic E-state index is 12.6. The molecule has 2 aliphatic heterocycles. The highest BCUT2D eigenvalue weighted by Crippen LogP contribution is 2.42. The zero-order valence-electron chi connectivity index (χ0n) is 26.7. The van der Waals surface area contributed by atoms with E-state index < -0.39 is 24.8 Å². The topological polar surface area (TPSA) is 138 Å². The third kappa shape index (κ3) is 6.50. The Morgan fingerprint density at radius 2 is 1.86 bits per heavy atom. The van der Waals surface area contributed by atoms with E-state index >= 15 is 0 Å². The van der Waals surface area contributed by atoms with Crippen LogP contribution in [0, 0.1) is 22.7 Å². The van der Waals surface area contributed by atoms with Gasteiger partial charge in [0.05, 0.1) is 30.5 Å². The molecule has 1 amide bonds. The smallest absolute Gasteiger partial charge is 0.410 e. The van der Waals surface area contributed by atoms with Gasteiger partial charge in [-0.05, 0) is 45.7 Å². The SMILES string of the molecule is CC(C)(C)OC(=O)N1CCC(C#N)(N2CC(CC#N)(n3cc(-c4ncnc5c4ccn5COCC[Si](C)(C)C)cn3)C2)CC1. The van der Waals surface area contributed by atoms with Crippen LogP contribution in [0.5, 0.6) is 0 Å². The molecular weight excluding hydrogens is 574 g/mol. The van der Waals surface area contributed by atoms with E-state index in [1.807, 2.05) is 48.5 Å². The van der Waals surface area contributed by atoms with E-state index in [0.717, 1.165) is 34.9 Å². The zero-order valence-corrected chi connectivity index (χ0v) is 27.7. The Bertz CT molecular complexity index is 1570. The average molecular weight is 618 g/mol. The van der Waals surface area contributed by atoms with Gasteiger partial charge in [-0.2, -0.15) is 15.6 Å². The van der Waals surface area contributed by atoms with Gasteiger partial charge in [0.25, 0.3) is 0 Å². The molecule has 0 spiro atoms. The van der Waals surface area contributed by atoms with Crippen molar-refractivity contribution in [2.75, 3.05) is 32.8 Å². The molecule has 0 bridgehead atoms. The molecule has 0 radical (unpaired) electrons. The molecule has 0 unspecified atom stereocenters. The van der Waals surface area contributed by atoms with Gasteiger partial charge in [0.2, 0.25) is 0 Å². The molecule has 234 valence electrons. The summed E-state index contributed by atoms with van der Waals surface area (Å²) in [4.78, 5) is 25.5. The van der Waals surface area contributed by atoms with E-state index in [0.29, 0.717) is 45.8 Å². The Labute approximate surface area is 260 Å². The van der Waals surface area contributed by atoms with Crippen molar-refractivity contribution >= 4 is 25.2 Å². The Morgan fingerprint density at radius 1 is 1.14 bits per heavy atom. The number of aromatic nitrogens is 5. The Balaban J connectivity index is 1.28. The maximum Gasteiger partial charge on any atom is 0.410 e. The van der Waals surface area contributed by atoms with Gasteiger partial charge >= 0.3 is 6.09 Å². The summed E-state index contributed by atoms with van der Waals surface area (Å²) in [6, 6.07) is 7.99. The lowest BCUT2D eigenvalue weighted by Gasteiger charge is -2.56. The molecule has 0 aromatic carbocycles. The summed E-state index contributed by atoms with van der Waals surface area (Å²) in [5.41, 5.74) is 0.583. The summed E-state index contributed by atoms with van der Waals surface area (Å²) in [6.07, 6.45) is 8.22. The maximum atomic E-state index is 12.6. The van der Waals surface area contributed by atoms with E-state index in [1.165, 1.54) is 0 Å². The van der Waals surface area contributed by atoms with Crippen molar-refractivity contribution in [3.63, 3.8) is 0 Å². The lowest BCUT2D eigenvalue weighted by atomic mass is 9.77. The largest absolute Gasteiger partial charge is 0.444 e. The quantitative estimate of drug-likeness (QED) is 0.244. The molecule has 3 aromatic rings. The van der Waals surface area contributed by atoms with Gasteiger partial charge in [0.15, 0.2) is 0 Å². The number of likely N-dealkylation sites (tertiary alicyclic amines) is 2. The van der Waals surface area contributed by atoms with Gasteiger partial charge in [-0.3, -0.25) is 9.58 Å². The van der Waals surface area contributed by atoms with Gasteiger partial charge in [-0.1, -0.05) is 19.6 Å². The van der Waals surface area contributed by atoms with Crippen LogP contribution in [0.25, 0.3) is 22.3 Å². The average Bonchev–Trinajstić information content (AvgIpc) is 3.59.